The molecule has 0 heterocycles. The number of benzene rings is 2. The fraction of sp³-hybridized carbons (Fsp3) is 0.188. The molecule has 0 saturated carbocycles. The predicted octanol–water partition coefficient (Wildman–Crippen LogP) is 5.67. The zero-order chi connectivity index (χ0) is 15.7. The molecule has 0 atom stereocenters. The Hall–Kier alpha value is -0.874. The topological polar surface area (TPSA) is 24.4 Å². The molecule has 1 N–H and O–H groups in total. The van der Waals surface area contributed by atoms with Crippen LogP contribution < -0.4 is 5.32 Å². The molecule has 21 heavy (non-hydrogen) atoms. The molecular formula is C16H19Cl2GaN2. The van der Waals surface area contributed by atoms with Gasteiger partial charge in [-0.05, 0) is 55.5 Å². The van der Waals surface area contributed by atoms with Crippen LogP contribution in [0.25, 0.3) is 0 Å². The molecule has 2 rings (SSSR count). The first-order valence-electron chi connectivity index (χ1n) is 6.88. The normalized spacial score (nSPS) is 10.4. The third-order valence-electron chi connectivity index (χ3n) is 2.29. The van der Waals surface area contributed by atoms with E-state index in [4.69, 9.17) is 23.2 Å². The summed E-state index contributed by atoms with van der Waals surface area (Å²) in [6.45, 7) is 1.91. The van der Waals surface area contributed by atoms with Crippen molar-refractivity contribution in [2.45, 2.75) is 17.9 Å². The van der Waals surface area contributed by atoms with Gasteiger partial charge in [0, 0.05) is 15.7 Å². The second kappa shape index (κ2) is 9.95. The van der Waals surface area contributed by atoms with Crippen molar-refractivity contribution in [3.8, 4) is 0 Å². The van der Waals surface area contributed by atoms with Gasteiger partial charge in [0.25, 0.3) is 0 Å². The summed E-state index contributed by atoms with van der Waals surface area (Å²) in [6, 6.07) is 14.8. The Morgan fingerprint density at radius 3 is 1.81 bits per heavy atom. The van der Waals surface area contributed by atoms with Gasteiger partial charge in [0.2, 0.25) is 0 Å². The van der Waals surface area contributed by atoms with Crippen molar-refractivity contribution < 1.29 is 0 Å². The third kappa shape index (κ3) is 7.62. The summed E-state index contributed by atoms with van der Waals surface area (Å²) in [5.74, 6) is 0.805. The summed E-state index contributed by atoms with van der Waals surface area (Å²) in [6.07, 6.45) is 0. The van der Waals surface area contributed by atoms with Gasteiger partial charge >= 0.3 is 28.4 Å². The van der Waals surface area contributed by atoms with Crippen LogP contribution >= 0.6 is 23.2 Å². The fourth-order valence-corrected chi connectivity index (χ4v) is 1.73. The van der Waals surface area contributed by atoms with Gasteiger partial charge in [-0.2, -0.15) is 0 Å². The fourth-order valence-electron chi connectivity index (χ4n) is 1.48. The number of halogens is 2. The molecule has 0 amide bonds. The van der Waals surface area contributed by atoms with Crippen LogP contribution in [-0.4, -0.2) is 23.2 Å². The molecule has 110 valence electrons. The molecule has 0 aliphatic rings. The van der Waals surface area contributed by atoms with Gasteiger partial charge in [0.1, 0.15) is 5.84 Å². The van der Waals surface area contributed by atoms with Crippen LogP contribution in [0.5, 0.6) is 0 Å². The Morgan fingerprint density at radius 1 is 0.905 bits per heavy atom. The van der Waals surface area contributed by atoms with Crippen molar-refractivity contribution >= 4 is 57.8 Å². The molecule has 0 radical (unpaired) electrons. The molecule has 0 bridgehead atoms. The molecule has 2 aromatic rings. The van der Waals surface area contributed by atoms with E-state index in [0.717, 1.165) is 17.2 Å². The van der Waals surface area contributed by atoms with E-state index in [2.05, 4.69) is 21.3 Å². The van der Waals surface area contributed by atoms with E-state index in [0.29, 0.717) is 10.0 Å². The standard InChI is InChI=1S/C14H12Cl2N2.2CH3.Ga.H/c1-10(17-13-6-2-11(15)3-7-13)18-14-8-4-12(16)5-9-14;;;;/h2-9H,1H3,(H,17,18);2*1H3;;. The van der Waals surface area contributed by atoms with Crippen molar-refractivity contribution in [3.63, 3.8) is 0 Å². The zero-order valence-corrected chi connectivity index (χ0v) is 17.0. The minimum absolute atomic E-state index is 0.125. The molecule has 0 spiro atoms. The van der Waals surface area contributed by atoms with Crippen LogP contribution in [0.1, 0.15) is 6.92 Å². The molecular weight excluding hydrogens is 361 g/mol. The quantitative estimate of drug-likeness (QED) is 0.405. The van der Waals surface area contributed by atoms with Gasteiger partial charge in [-0.25, -0.2) is 4.99 Å². The van der Waals surface area contributed by atoms with Gasteiger partial charge in [-0.15, -0.1) is 0 Å². The van der Waals surface area contributed by atoms with Crippen molar-refractivity contribution in [3.05, 3.63) is 58.6 Å². The Morgan fingerprint density at radius 2 is 1.33 bits per heavy atom. The Balaban J connectivity index is 0.000000677. The molecule has 0 saturated heterocycles. The summed E-state index contributed by atoms with van der Waals surface area (Å²) in [5.41, 5.74) is 6.44. The van der Waals surface area contributed by atoms with Gasteiger partial charge in [0.05, 0.1) is 5.69 Å². The summed E-state index contributed by atoms with van der Waals surface area (Å²) in [4.78, 5) is 4.43. The van der Waals surface area contributed by atoms with Crippen molar-refractivity contribution in [1.82, 2.24) is 0 Å². The second-order valence-corrected chi connectivity index (χ2v) is 8.35. The zero-order valence-electron chi connectivity index (χ0n) is 12.5. The average molecular weight is 380 g/mol. The third-order valence-corrected chi connectivity index (χ3v) is 2.80. The maximum absolute atomic E-state index is 5.82. The van der Waals surface area contributed by atoms with E-state index in [9.17, 15) is 0 Å². The molecule has 0 aromatic heterocycles. The Kier molecular flexibility index (Phi) is 8.62. The number of hydrogen-bond acceptors (Lipinski definition) is 1. The van der Waals surface area contributed by atoms with Crippen molar-refractivity contribution in [2.24, 2.45) is 4.99 Å². The van der Waals surface area contributed by atoms with Crippen LogP contribution in [0.3, 0.4) is 0 Å². The van der Waals surface area contributed by atoms with Crippen molar-refractivity contribution in [2.75, 3.05) is 5.32 Å². The Labute approximate surface area is 144 Å². The molecule has 0 aliphatic heterocycles. The number of anilines is 1. The number of hydrogen-bond donors (Lipinski definition) is 1. The van der Waals surface area contributed by atoms with E-state index in [1.54, 1.807) is 0 Å². The van der Waals surface area contributed by atoms with Crippen LogP contribution in [-0.2, 0) is 0 Å². The summed E-state index contributed by atoms with van der Waals surface area (Å²) >= 11 is 11.8. The number of aliphatic imine (C=N–C) groups is 1. The number of amidine groups is 1. The number of rotatable bonds is 2. The first-order chi connectivity index (χ1) is 10.0. The number of nitrogens with one attached hydrogen (secondary N) is 1. The number of nitrogens with zero attached hydrogens (tertiary/aromatic N) is 1. The molecule has 0 fully saturated rings. The van der Waals surface area contributed by atoms with E-state index in [1.807, 2.05) is 55.5 Å². The first-order valence-corrected chi connectivity index (χ1v) is 13.6. The van der Waals surface area contributed by atoms with Gasteiger partial charge in [0.15, 0.2) is 0 Å². The maximum atomic E-state index is 5.82. The Bertz CT molecular complexity index is 566. The summed E-state index contributed by atoms with van der Waals surface area (Å²) in [7, 11) is 0. The van der Waals surface area contributed by atoms with E-state index in [1.165, 1.54) is 0 Å². The van der Waals surface area contributed by atoms with Crippen LogP contribution in [0.2, 0.25) is 21.0 Å². The first kappa shape index (κ1) is 18.2. The van der Waals surface area contributed by atoms with Gasteiger partial charge < -0.3 is 5.32 Å². The monoisotopic (exact) mass is 378 g/mol. The predicted molar refractivity (Wildman–Crippen MR) is 98.2 cm³/mol. The van der Waals surface area contributed by atoms with Crippen molar-refractivity contribution in [1.29, 1.82) is 0 Å². The minimum atomic E-state index is 0.125. The molecule has 0 unspecified atom stereocenters. The van der Waals surface area contributed by atoms with E-state index >= 15 is 0 Å². The molecule has 0 aliphatic carbocycles. The molecule has 2 aromatic carbocycles. The van der Waals surface area contributed by atoms with Crippen LogP contribution in [0.15, 0.2) is 53.5 Å². The van der Waals surface area contributed by atoms with E-state index < -0.39 is 0 Å². The van der Waals surface area contributed by atoms with E-state index in [-0.39, 0.29) is 17.4 Å². The SMILES string of the molecule is CC(=Nc1ccc(Cl)cc1)Nc1ccc(Cl)cc1.[CH3][GaH][CH3]. The summed E-state index contributed by atoms with van der Waals surface area (Å²) < 4.78 is 0. The average Bonchev–Trinajstić information content (AvgIpc) is 2.45. The van der Waals surface area contributed by atoms with Gasteiger partial charge in [-0.1, -0.05) is 23.2 Å². The summed E-state index contributed by atoms with van der Waals surface area (Å²) in [5, 5.41) is 4.61. The molecule has 5 heteroatoms. The van der Waals surface area contributed by atoms with Gasteiger partial charge in [-0.3, -0.25) is 0 Å². The molecule has 2 nitrogen and oxygen atoms in total. The van der Waals surface area contributed by atoms with Crippen LogP contribution in [0, 0.1) is 0 Å². The second-order valence-electron chi connectivity index (χ2n) is 4.51. The van der Waals surface area contributed by atoms with Crippen LogP contribution in [0.4, 0.5) is 11.4 Å².